The van der Waals surface area contributed by atoms with Gasteiger partial charge in [0.1, 0.15) is 5.82 Å². The van der Waals surface area contributed by atoms with Crippen molar-refractivity contribution in [3.63, 3.8) is 0 Å². The Labute approximate surface area is 82.6 Å². The van der Waals surface area contributed by atoms with Crippen LogP contribution >= 0.6 is 0 Å². The highest BCUT2D eigenvalue weighted by atomic mass is 16.6. The van der Waals surface area contributed by atoms with Crippen molar-refractivity contribution < 1.29 is 9.53 Å². The van der Waals surface area contributed by atoms with Gasteiger partial charge in [-0.15, -0.1) is 0 Å². The second kappa shape index (κ2) is 4.41. The lowest BCUT2D eigenvalue weighted by Gasteiger charge is -2.06. The maximum Gasteiger partial charge on any atom is 0.417 e. The zero-order chi connectivity index (χ0) is 10.6. The minimum absolute atomic E-state index is 0.344. The number of nitrogens with one attached hydrogen (secondary N) is 1. The maximum atomic E-state index is 11.1. The normalized spacial score (nSPS) is 9.29. The van der Waals surface area contributed by atoms with E-state index in [9.17, 15) is 4.79 Å². The number of anilines is 1. The van der Waals surface area contributed by atoms with Gasteiger partial charge >= 0.3 is 6.09 Å². The van der Waals surface area contributed by atoms with Gasteiger partial charge in [-0.3, -0.25) is 5.32 Å². The van der Waals surface area contributed by atoms with Gasteiger partial charge in [-0.25, -0.2) is 9.78 Å². The molecule has 0 atom stereocenters. The summed E-state index contributed by atoms with van der Waals surface area (Å²) in [6, 6.07) is 3.65. The van der Waals surface area contributed by atoms with E-state index in [1.54, 1.807) is 19.2 Å². The number of carbonyl (C=O) groups is 1. The predicted molar refractivity (Wildman–Crippen MR) is 53.9 cm³/mol. The van der Waals surface area contributed by atoms with Crippen molar-refractivity contribution in [1.29, 1.82) is 0 Å². The van der Waals surface area contributed by atoms with Crippen molar-refractivity contribution in [3.05, 3.63) is 36.2 Å². The van der Waals surface area contributed by atoms with E-state index in [0.29, 0.717) is 11.6 Å². The van der Waals surface area contributed by atoms with Crippen LogP contribution in [0.1, 0.15) is 12.5 Å². The van der Waals surface area contributed by atoms with Crippen molar-refractivity contribution in [2.24, 2.45) is 0 Å². The van der Waals surface area contributed by atoms with E-state index < -0.39 is 6.09 Å². The predicted octanol–water partition coefficient (Wildman–Crippen LogP) is 2.47. The molecule has 0 aromatic carbocycles. The first-order chi connectivity index (χ1) is 6.59. The molecule has 0 saturated carbocycles. The number of amides is 1. The molecule has 1 aromatic heterocycles. The van der Waals surface area contributed by atoms with Crippen LogP contribution in [0.2, 0.25) is 0 Å². The van der Waals surface area contributed by atoms with E-state index in [4.69, 9.17) is 4.74 Å². The van der Waals surface area contributed by atoms with Crippen LogP contribution in [0.25, 0.3) is 0 Å². The third-order valence-electron chi connectivity index (χ3n) is 1.50. The zero-order valence-corrected chi connectivity index (χ0v) is 8.20. The molecule has 1 amide bonds. The number of carbonyl (C=O) groups excluding carboxylic acids is 1. The number of rotatable bonds is 2. The molecule has 1 N–H and O–H groups in total. The summed E-state index contributed by atoms with van der Waals surface area (Å²) < 4.78 is 4.72. The Morgan fingerprint density at radius 1 is 1.64 bits per heavy atom. The summed E-state index contributed by atoms with van der Waals surface area (Å²) in [5.74, 6) is 0.842. The van der Waals surface area contributed by atoms with Crippen LogP contribution in [-0.2, 0) is 4.74 Å². The molecular weight excluding hydrogens is 180 g/mol. The lowest BCUT2D eigenvalue weighted by Crippen LogP contribution is -2.14. The van der Waals surface area contributed by atoms with Gasteiger partial charge in [0.05, 0.1) is 5.76 Å². The molecule has 1 rings (SSSR count). The molecule has 0 spiro atoms. The third kappa shape index (κ3) is 2.90. The molecule has 0 aliphatic carbocycles. The Morgan fingerprint density at radius 3 is 2.93 bits per heavy atom. The van der Waals surface area contributed by atoms with Crippen LogP contribution in [0.3, 0.4) is 0 Å². The molecule has 0 aliphatic heterocycles. The number of aryl methyl sites for hydroxylation is 1. The first-order valence-corrected chi connectivity index (χ1v) is 4.15. The number of aromatic nitrogens is 1. The summed E-state index contributed by atoms with van der Waals surface area (Å²) in [7, 11) is 0. The van der Waals surface area contributed by atoms with Crippen LogP contribution in [0.15, 0.2) is 30.7 Å². The highest BCUT2D eigenvalue weighted by molar-refractivity contribution is 5.84. The summed E-state index contributed by atoms with van der Waals surface area (Å²) in [6.45, 7) is 6.91. The quantitative estimate of drug-likeness (QED) is 0.732. The van der Waals surface area contributed by atoms with E-state index in [2.05, 4.69) is 16.9 Å². The van der Waals surface area contributed by atoms with Crippen molar-refractivity contribution in [3.8, 4) is 0 Å². The average Bonchev–Trinajstić information content (AvgIpc) is 2.07. The van der Waals surface area contributed by atoms with Crippen LogP contribution in [0.5, 0.6) is 0 Å². The van der Waals surface area contributed by atoms with Crippen LogP contribution in [0.4, 0.5) is 10.6 Å². The smallest absolute Gasteiger partial charge is 0.416 e. The Morgan fingerprint density at radius 2 is 2.36 bits per heavy atom. The molecule has 1 aromatic rings. The van der Waals surface area contributed by atoms with Gasteiger partial charge in [0, 0.05) is 6.20 Å². The number of ether oxygens (including phenoxy) is 1. The molecule has 4 heteroatoms. The minimum Gasteiger partial charge on any atom is -0.416 e. The van der Waals surface area contributed by atoms with Gasteiger partial charge in [0.25, 0.3) is 0 Å². The van der Waals surface area contributed by atoms with Gasteiger partial charge < -0.3 is 4.74 Å². The average molecular weight is 192 g/mol. The van der Waals surface area contributed by atoms with E-state index in [0.717, 1.165) is 5.56 Å². The molecular formula is C10H12N2O2. The monoisotopic (exact) mass is 192 g/mol. The van der Waals surface area contributed by atoms with Gasteiger partial charge in [0.2, 0.25) is 0 Å². The Kier molecular flexibility index (Phi) is 3.23. The summed E-state index contributed by atoms with van der Waals surface area (Å²) in [5, 5.41) is 2.51. The van der Waals surface area contributed by atoms with Crippen molar-refractivity contribution in [2.45, 2.75) is 13.8 Å². The molecule has 0 bridgehead atoms. The van der Waals surface area contributed by atoms with Gasteiger partial charge in [-0.05, 0) is 25.5 Å². The minimum atomic E-state index is -0.570. The number of hydrogen-bond acceptors (Lipinski definition) is 3. The molecule has 0 fully saturated rings. The van der Waals surface area contributed by atoms with Crippen LogP contribution < -0.4 is 5.32 Å². The first kappa shape index (κ1) is 10.2. The molecule has 4 nitrogen and oxygen atoms in total. The Bertz CT molecular complexity index is 361. The fourth-order valence-corrected chi connectivity index (χ4v) is 0.897. The lowest BCUT2D eigenvalue weighted by atomic mass is 10.3. The van der Waals surface area contributed by atoms with Gasteiger partial charge in [-0.2, -0.15) is 0 Å². The second-order valence-electron chi connectivity index (χ2n) is 2.89. The number of pyridine rings is 1. The summed E-state index contributed by atoms with van der Waals surface area (Å²) in [5.41, 5.74) is 0.881. The summed E-state index contributed by atoms with van der Waals surface area (Å²) in [4.78, 5) is 15.1. The fourth-order valence-electron chi connectivity index (χ4n) is 0.897. The molecule has 1 heterocycles. The third-order valence-corrected chi connectivity index (χ3v) is 1.50. The van der Waals surface area contributed by atoms with Gasteiger partial charge in [0.15, 0.2) is 0 Å². The van der Waals surface area contributed by atoms with E-state index in [1.807, 2.05) is 13.0 Å². The topological polar surface area (TPSA) is 51.2 Å². The Balaban J connectivity index is 2.65. The van der Waals surface area contributed by atoms with E-state index >= 15 is 0 Å². The number of hydrogen-bond donors (Lipinski definition) is 1. The van der Waals surface area contributed by atoms with E-state index in [1.165, 1.54) is 0 Å². The van der Waals surface area contributed by atoms with Crippen molar-refractivity contribution in [1.82, 2.24) is 4.98 Å². The molecule has 0 radical (unpaired) electrons. The number of allylic oxidation sites excluding steroid dienone is 1. The molecule has 0 aliphatic rings. The lowest BCUT2D eigenvalue weighted by molar-refractivity contribution is 0.192. The van der Waals surface area contributed by atoms with E-state index in [-0.39, 0.29) is 0 Å². The number of nitrogens with zero attached hydrogens (tertiary/aromatic N) is 1. The summed E-state index contributed by atoms with van der Waals surface area (Å²) >= 11 is 0. The zero-order valence-electron chi connectivity index (χ0n) is 8.20. The largest absolute Gasteiger partial charge is 0.417 e. The SMILES string of the molecule is C=C(C)OC(=O)Nc1ncccc1C. The van der Waals surface area contributed by atoms with Gasteiger partial charge in [-0.1, -0.05) is 12.6 Å². The summed E-state index contributed by atoms with van der Waals surface area (Å²) in [6.07, 6.45) is 1.03. The highest BCUT2D eigenvalue weighted by Crippen LogP contribution is 2.09. The first-order valence-electron chi connectivity index (χ1n) is 4.15. The Hall–Kier alpha value is -1.84. The van der Waals surface area contributed by atoms with Crippen molar-refractivity contribution >= 4 is 11.9 Å². The molecule has 14 heavy (non-hydrogen) atoms. The molecule has 74 valence electrons. The maximum absolute atomic E-state index is 11.1. The standard InChI is InChI=1S/C10H12N2O2/c1-7(2)14-10(13)12-9-8(3)5-4-6-11-9/h4-6H,1H2,2-3H3,(H,11,12,13). The highest BCUT2D eigenvalue weighted by Gasteiger charge is 2.05. The van der Waals surface area contributed by atoms with Crippen LogP contribution in [0, 0.1) is 6.92 Å². The second-order valence-corrected chi connectivity index (χ2v) is 2.89. The molecule has 0 unspecified atom stereocenters. The van der Waals surface area contributed by atoms with Crippen molar-refractivity contribution in [2.75, 3.05) is 5.32 Å². The van der Waals surface area contributed by atoms with Crippen LogP contribution in [-0.4, -0.2) is 11.1 Å². The fraction of sp³-hybridized carbons (Fsp3) is 0.200. The molecule has 0 saturated heterocycles.